The third-order valence-corrected chi connectivity index (χ3v) is 5.92. The maximum atomic E-state index is 12.9. The fraction of sp³-hybridized carbons (Fsp3) is 0.261. The Morgan fingerprint density at radius 3 is 2.90 bits per heavy atom. The lowest BCUT2D eigenvalue weighted by Gasteiger charge is -2.11. The van der Waals surface area contributed by atoms with Gasteiger partial charge in [-0.25, -0.2) is 0 Å². The molecule has 2 N–H and O–H groups in total. The Balaban J connectivity index is 1.45. The summed E-state index contributed by atoms with van der Waals surface area (Å²) in [7, 11) is 0. The van der Waals surface area contributed by atoms with Gasteiger partial charge in [0.1, 0.15) is 11.5 Å². The van der Waals surface area contributed by atoms with E-state index in [-0.39, 0.29) is 5.91 Å². The normalized spacial score (nSPS) is 13.8. The second-order valence-corrected chi connectivity index (χ2v) is 8.24. The quantitative estimate of drug-likeness (QED) is 0.469. The van der Waals surface area contributed by atoms with Crippen LogP contribution in [0, 0.1) is 6.92 Å². The number of hydrogen-bond donors (Lipinski definition) is 2. The fourth-order valence-corrected chi connectivity index (χ4v) is 4.19. The van der Waals surface area contributed by atoms with Crippen LogP contribution in [0.25, 0.3) is 22.3 Å². The van der Waals surface area contributed by atoms with Crippen molar-refractivity contribution in [2.45, 2.75) is 39.2 Å². The van der Waals surface area contributed by atoms with Crippen LogP contribution in [-0.2, 0) is 13.0 Å². The van der Waals surface area contributed by atoms with E-state index in [1.807, 2.05) is 43.3 Å². The molecule has 1 amide bonds. The van der Waals surface area contributed by atoms with Crippen LogP contribution in [0.1, 0.15) is 41.1 Å². The molecule has 1 aliphatic heterocycles. The van der Waals surface area contributed by atoms with E-state index in [9.17, 15) is 4.79 Å². The monoisotopic (exact) mass is 419 g/mol. The molecule has 2 aromatic carbocycles. The lowest BCUT2D eigenvalue weighted by molar-refractivity contribution is 0.102. The van der Waals surface area contributed by atoms with E-state index in [0.29, 0.717) is 10.7 Å². The molecule has 0 aliphatic carbocycles. The molecule has 0 radical (unpaired) electrons. The Hall–Kier alpha value is -3.12. The molecule has 30 heavy (non-hydrogen) atoms. The highest BCUT2D eigenvalue weighted by Gasteiger charge is 2.18. The van der Waals surface area contributed by atoms with Crippen LogP contribution >= 0.6 is 11.6 Å². The molecule has 3 heterocycles. The number of hydrogen-bond acceptors (Lipinski definition) is 3. The third kappa shape index (κ3) is 3.48. The Kier molecular flexibility index (Phi) is 4.79. The average Bonchev–Trinajstić information content (AvgIpc) is 3.26. The Morgan fingerprint density at radius 1 is 1.10 bits per heavy atom. The van der Waals surface area contributed by atoms with E-state index >= 15 is 0 Å². The number of benzene rings is 2. The van der Waals surface area contributed by atoms with Gasteiger partial charge in [0, 0.05) is 40.1 Å². The van der Waals surface area contributed by atoms with Crippen LogP contribution in [0.2, 0.25) is 5.02 Å². The molecule has 6 nitrogen and oxygen atoms in total. The maximum Gasteiger partial charge on any atom is 0.272 e. The standard InChI is InChI=1S/C23H22ClN5O/c1-14-6-7-15(22-28-27-21-5-3-2-4-10-29(21)22)12-19(14)26-23(30)20-13-16-11-17(24)8-9-18(16)25-20/h6-9,11-13,25H,2-5,10H2,1H3,(H,26,30). The fourth-order valence-electron chi connectivity index (χ4n) is 4.01. The van der Waals surface area contributed by atoms with Gasteiger partial charge in [0.15, 0.2) is 5.82 Å². The van der Waals surface area contributed by atoms with Crippen molar-refractivity contribution in [2.24, 2.45) is 0 Å². The summed E-state index contributed by atoms with van der Waals surface area (Å²) in [4.78, 5) is 16.0. The van der Waals surface area contributed by atoms with Crippen LogP contribution < -0.4 is 5.32 Å². The van der Waals surface area contributed by atoms with Crippen molar-refractivity contribution in [3.63, 3.8) is 0 Å². The number of nitrogens with one attached hydrogen (secondary N) is 2. The zero-order valence-electron chi connectivity index (χ0n) is 16.7. The first-order chi connectivity index (χ1) is 14.6. The molecule has 0 saturated carbocycles. The first-order valence-corrected chi connectivity index (χ1v) is 10.6. The predicted molar refractivity (Wildman–Crippen MR) is 119 cm³/mol. The average molecular weight is 420 g/mol. The van der Waals surface area contributed by atoms with Gasteiger partial charge in [-0.2, -0.15) is 0 Å². The molecule has 1 aliphatic rings. The molecule has 0 saturated heterocycles. The lowest BCUT2D eigenvalue weighted by Crippen LogP contribution is -2.13. The summed E-state index contributed by atoms with van der Waals surface area (Å²) in [6.07, 6.45) is 4.47. The number of carbonyl (C=O) groups excluding carboxylic acids is 1. The van der Waals surface area contributed by atoms with Gasteiger partial charge in [-0.1, -0.05) is 30.2 Å². The van der Waals surface area contributed by atoms with Crippen molar-refractivity contribution in [3.8, 4) is 11.4 Å². The number of rotatable bonds is 3. The number of H-pyrrole nitrogens is 1. The molecule has 0 atom stereocenters. The van der Waals surface area contributed by atoms with Crippen molar-refractivity contribution in [1.82, 2.24) is 19.7 Å². The highest BCUT2D eigenvalue weighted by molar-refractivity contribution is 6.31. The van der Waals surface area contributed by atoms with Crippen LogP contribution in [0.15, 0.2) is 42.5 Å². The van der Waals surface area contributed by atoms with Crippen LogP contribution in [0.3, 0.4) is 0 Å². The second kappa shape index (κ2) is 7.61. The first kappa shape index (κ1) is 18.9. The molecule has 0 fully saturated rings. The second-order valence-electron chi connectivity index (χ2n) is 7.80. The van der Waals surface area contributed by atoms with Gasteiger partial charge in [-0.15, -0.1) is 10.2 Å². The van der Waals surface area contributed by atoms with Gasteiger partial charge in [0.05, 0.1) is 0 Å². The number of amides is 1. The van der Waals surface area contributed by atoms with Gasteiger partial charge < -0.3 is 14.9 Å². The van der Waals surface area contributed by atoms with Gasteiger partial charge >= 0.3 is 0 Å². The van der Waals surface area contributed by atoms with E-state index in [1.54, 1.807) is 6.07 Å². The lowest BCUT2D eigenvalue weighted by atomic mass is 10.1. The summed E-state index contributed by atoms with van der Waals surface area (Å²) in [5, 5.41) is 13.4. The Morgan fingerprint density at radius 2 is 2.00 bits per heavy atom. The van der Waals surface area contributed by atoms with E-state index in [0.717, 1.165) is 65.2 Å². The number of halogens is 1. The van der Waals surface area contributed by atoms with E-state index in [2.05, 4.69) is 25.1 Å². The minimum Gasteiger partial charge on any atom is -0.351 e. The van der Waals surface area contributed by atoms with E-state index in [1.165, 1.54) is 6.42 Å². The zero-order chi connectivity index (χ0) is 20.7. The summed E-state index contributed by atoms with van der Waals surface area (Å²) in [6.45, 7) is 2.92. The highest BCUT2D eigenvalue weighted by atomic mass is 35.5. The van der Waals surface area contributed by atoms with Gasteiger partial charge in [0.25, 0.3) is 5.91 Å². The number of aryl methyl sites for hydroxylation is 2. The zero-order valence-corrected chi connectivity index (χ0v) is 17.5. The number of carbonyl (C=O) groups is 1. The molecule has 0 spiro atoms. The number of aromatic amines is 1. The summed E-state index contributed by atoms with van der Waals surface area (Å²) in [5.74, 6) is 1.72. The van der Waals surface area contributed by atoms with Gasteiger partial charge in [-0.05, 0) is 55.7 Å². The van der Waals surface area contributed by atoms with Crippen LogP contribution in [0.4, 0.5) is 5.69 Å². The van der Waals surface area contributed by atoms with Crippen molar-refractivity contribution in [3.05, 3.63) is 64.6 Å². The Labute approximate surface area is 179 Å². The van der Waals surface area contributed by atoms with E-state index in [4.69, 9.17) is 11.6 Å². The Bertz CT molecular complexity index is 1260. The smallest absolute Gasteiger partial charge is 0.272 e. The molecule has 152 valence electrons. The van der Waals surface area contributed by atoms with Gasteiger partial charge in [-0.3, -0.25) is 4.79 Å². The third-order valence-electron chi connectivity index (χ3n) is 5.68. The molecule has 0 bridgehead atoms. The maximum absolute atomic E-state index is 12.9. The largest absolute Gasteiger partial charge is 0.351 e. The molecule has 2 aromatic heterocycles. The van der Waals surface area contributed by atoms with Crippen LogP contribution in [-0.4, -0.2) is 25.7 Å². The van der Waals surface area contributed by atoms with Crippen molar-refractivity contribution >= 4 is 34.1 Å². The number of aromatic nitrogens is 4. The summed E-state index contributed by atoms with van der Waals surface area (Å²) in [6, 6.07) is 13.4. The number of nitrogens with zero attached hydrogens (tertiary/aromatic N) is 3. The summed E-state index contributed by atoms with van der Waals surface area (Å²) < 4.78 is 2.21. The minimum absolute atomic E-state index is 0.192. The first-order valence-electron chi connectivity index (χ1n) is 10.2. The topological polar surface area (TPSA) is 75.6 Å². The van der Waals surface area contributed by atoms with Gasteiger partial charge in [0.2, 0.25) is 0 Å². The molecular weight excluding hydrogens is 398 g/mol. The van der Waals surface area contributed by atoms with Crippen molar-refractivity contribution in [2.75, 3.05) is 5.32 Å². The number of anilines is 1. The molecule has 5 rings (SSSR count). The minimum atomic E-state index is -0.192. The SMILES string of the molecule is Cc1ccc(-c2nnc3n2CCCCC3)cc1NC(=O)c1cc2cc(Cl)ccc2[nH]1. The van der Waals surface area contributed by atoms with Crippen molar-refractivity contribution in [1.29, 1.82) is 0 Å². The number of fused-ring (bicyclic) bond motifs is 2. The summed E-state index contributed by atoms with van der Waals surface area (Å²) >= 11 is 6.06. The van der Waals surface area contributed by atoms with Crippen LogP contribution in [0.5, 0.6) is 0 Å². The summed E-state index contributed by atoms with van der Waals surface area (Å²) in [5.41, 5.74) is 4.08. The molecule has 4 aromatic rings. The molecule has 0 unspecified atom stereocenters. The predicted octanol–water partition coefficient (Wildman–Crippen LogP) is 5.37. The van der Waals surface area contributed by atoms with Crippen molar-refractivity contribution < 1.29 is 4.79 Å². The molecular formula is C23H22ClN5O. The molecule has 7 heteroatoms. The highest BCUT2D eigenvalue weighted by Crippen LogP contribution is 2.28. The van der Waals surface area contributed by atoms with E-state index < -0.39 is 0 Å².